The van der Waals surface area contributed by atoms with Gasteiger partial charge in [-0.1, -0.05) is 18.2 Å². The van der Waals surface area contributed by atoms with E-state index in [2.05, 4.69) is 20.1 Å². The number of benzene rings is 2. The number of ether oxygens (including phenoxy) is 1. The second-order valence-electron chi connectivity index (χ2n) is 7.64. The van der Waals surface area contributed by atoms with Crippen molar-refractivity contribution in [1.29, 1.82) is 0 Å². The van der Waals surface area contributed by atoms with Gasteiger partial charge in [-0.2, -0.15) is 5.10 Å². The molecule has 1 fully saturated rings. The molecule has 0 aliphatic carbocycles. The summed E-state index contributed by atoms with van der Waals surface area (Å²) in [5.74, 6) is -0.353. The van der Waals surface area contributed by atoms with Crippen molar-refractivity contribution in [3.63, 3.8) is 0 Å². The zero-order valence-electron chi connectivity index (χ0n) is 17.6. The predicted octanol–water partition coefficient (Wildman–Crippen LogP) is 2.22. The Bertz CT molecular complexity index is 1160. The summed E-state index contributed by atoms with van der Waals surface area (Å²) in [5, 5.41) is 7.00. The van der Waals surface area contributed by atoms with Crippen LogP contribution in [0.15, 0.2) is 66.1 Å². The lowest BCUT2D eigenvalue weighted by Crippen LogP contribution is -2.32. The van der Waals surface area contributed by atoms with Crippen LogP contribution in [0.25, 0.3) is 5.69 Å². The van der Waals surface area contributed by atoms with Crippen molar-refractivity contribution in [2.75, 3.05) is 13.2 Å². The number of nitrogens with zero attached hydrogens (tertiary/aromatic N) is 3. The van der Waals surface area contributed by atoms with Gasteiger partial charge in [-0.05, 0) is 55.7 Å². The van der Waals surface area contributed by atoms with Crippen LogP contribution in [0.1, 0.15) is 41.7 Å². The fourth-order valence-electron chi connectivity index (χ4n) is 3.52. The van der Waals surface area contributed by atoms with Gasteiger partial charge in [0, 0.05) is 18.7 Å². The molecular formula is C22H25N5O4S. The maximum absolute atomic E-state index is 12.8. The van der Waals surface area contributed by atoms with Crippen molar-refractivity contribution in [1.82, 2.24) is 24.8 Å². The minimum atomic E-state index is -3.73. The Hall–Kier alpha value is -3.08. The summed E-state index contributed by atoms with van der Waals surface area (Å²) >= 11 is 0. The summed E-state index contributed by atoms with van der Waals surface area (Å²) < 4.78 is 34.9. The SMILES string of the molecule is C[C@H](NC(=O)c1cccc(S(=O)(=O)NC[C@@H]2CCCO2)c1)c1ccc(-n2cncn2)cc1. The van der Waals surface area contributed by atoms with Gasteiger partial charge >= 0.3 is 0 Å². The lowest BCUT2D eigenvalue weighted by molar-refractivity contribution is 0.0939. The first-order valence-electron chi connectivity index (χ1n) is 10.4. The molecule has 4 rings (SSSR count). The molecule has 0 unspecified atom stereocenters. The fraction of sp³-hybridized carbons (Fsp3) is 0.318. The molecular weight excluding hydrogens is 430 g/mol. The topological polar surface area (TPSA) is 115 Å². The van der Waals surface area contributed by atoms with Gasteiger partial charge in [0.05, 0.1) is 22.7 Å². The molecule has 2 aromatic carbocycles. The smallest absolute Gasteiger partial charge is 0.251 e. The highest BCUT2D eigenvalue weighted by Gasteiger charge is 2.21. The van der Waals surface area contributed by atoms with Crippen LogP contribution in [0.4, 0.5) is 0 Å². The molecule has 10 heteroatoms. The summed E-state index contributed by atoms with van der Waals surface area (Å²) in [6.45, 7) is 2.75. The number of sulfonamides is 1. The third-order valence-electron chi connectivity index (χ3n) is 5.36. The van der Waals surface area contributed by atoms with E-state index in [0.29, 0.717) is 6.61 Å². The van der Waals surface area contributed by atoms with Crippen molar-refractivity contribution < 1.29 is 17.9 Å². The first-order valence-corrected chi connectivity index (χ1v) is 11.9. The molecule has 2 atom stereocenters. The molecule has 0 saturated carbocycles. The Kier molecular flexibility index (Phi) is 6.63. The van der Waals surface area contributed by atoms with Crippen LogP contribution >= 0.6 is 0 Å². The van der Waals surface area contributed by atoms with Gasteiger partial charge in [0.2, 0.25) is 10.0 Å². The van der Waals surface area contributed by atoms with Crippen molar-refractivity contribution >= 4 is 15.9 Å². The minimum Gasteiger partial charge on any atom is -0.377 e. The molecule has 2 N–H and O–H groups in total. The zero-order chi connectivity index (χ0) is 22.6. The van der Waals surface area contributed by atoms with Crippen LogP contribution in [0.5, 0.6) is 0 Å². The molecule has 3 aromatic rings. The van der Waals surface area contributed by atoms with E-state index in [9.17, 15) is 13.2 Å². The Morgan fingerprint density at radius 3 is 2.75 bits per heavy atom. The largest absolute Gasteiger partial charge is 0.377 e. The molecule has 1 saturated heterocycles. The van der Waals surface area contributed by atoms with Gasteiger partial charge in [-0.15, -0.1) is 0 Å². The average Bonchev–Trinajstić information content (AvgIpc) is 3.52. The number of hydrogen-bond acceptors (Lipinski definition) is 6. The Morgan fingerprint density at radius 2 is 2.06 bits per heavy atom. The van der Waals surface area contributed by atoms with E-state index in [1.54, 1.807) is 23.1 Å². The lowest BCUT2D eigenvalue weighted by atomic mass is 10.1. The molecule has 32 heavy (non-hydrogen) atoms. The van der Waals surface area contributed by atoms with E-state index >= 15 is 0 Å². The Morgan fingerprint density at radius 1 is 1.25 bits per heavy atom. The molecule has 0 spiro atoms. The Labute approximate surface area is 186 Å². The summed E-state index contributed by atoms with van der Waals surface area (Å²) in [6, 6.07) is 13.3. The number of rotatable bonds is 8. The van der Waals surface area contributed by atoms with Crippen molar-refractivity contribution in [2.24, 2.45) is 0 Å². The molecule has 0 radical (unpaired) electrons. The highest BCUT2D eigenvalue weighted by atomic mass is 32.2. The Balaban J connectivity index is 1.40. The maximum atomic E-state index is 12.8. The number of amides is 1. The molecule has 2 heterocycles. The van der Waals surface area contributed by atoms with Crippen LogP contribution < -0.4 is 10.0 Å². The molecule has 1 aliphatic heterocycles. The van der Waals surface area contributed by atoms with Gasteiger partial charge in [-0.25, -0.2) is 22.8 Å². The van der Waals surface area contributed by atoms with Crippen LogP contribution in [-0.2, 0) is 14.8 Å². The number of hydrogen-bond donors (Lipinski definition) is 2. The van der Waals surface area contributed by atoms with Gasteiger partial charge in [0.25, 0.3) is 5.91 Å². The average molecular weight is 456 g/mol. The normalized spacial score (nSPS) is 17.2. The predicted molar refractivity (Wildman–Crippen MR) is 118 cm³/mol. The first-order chi connectivity index (χ1) is 15.4. The van der Waals surface area contributed by atoms with Gasteiger partial charge in [0.15, 0.2) is 0 Å². The summed E-state index contributed by atoms with van der Waals surface area (Å²) in [4.78, 5) is 16.7. The number of aromatic nitrogens is 3. The van der Waals surface area contributed by atoms with Crippen LogP contribution in [0, 0.1) is 0 Å². The molecule has 1 aromatic heterocycles. The first kappa shape index (κ1) is 22.1. The van der Waals surface area contributed by atoms with E-state index in [1.807, 2.05) is 31.2 Å². The number of nitrogens with one attached hydrogen (secondary N) is 2. The molecule has 168 valence electrons. The van der Waals surface area contributed by atoms with E-state index in [4.69, 9.17) is 4.74 Å². The number of carbonyl (C=O) groups excluding carboxylic acids is 1. The fourth-order valence-corrected chi connectivity index (χ4v) is 4.63. The number of carbonyl (C=O) groups is 1. The summed E-state index contributed by atoms with van der Waals surface area (Å²) in [7, 11) is -3.73. The van der Waals surface area contributed by atoms with E-state index in [0.717, 1.165) is 24.1 Å². The minimum absolute atomic E-state index is 0.0491. The summed E-state index contributed by atoms with van der Waals surface area (Å²) in [6.07, 6.45) is 4.74. The maximum Gasteiger partial charge on any atom is 0.251 e. The van der Waals surface area contributed by atoms with Crippen LogP contribution in [0.3, 0.4) is 0 Å². The standard InChI is InChI=1S/C22H25N5O4S/c1-16(17-7-9-19(10-8-17)27-15-23-14-24-27)26-22(28)18-4-2-6-21(12-18)32(29,30)25-13-20-5-3-11-31-20/h2,4,6-10,12,14-16,20,25H,3,5,11,13H2,1H3,(H,26,28)/t16-,20-/m0/s1. The second kappa shape index (κ2) is 9.60. The van der Waals surface area contributed by atoms with Gasteiger partial charge in [0.1, 0.15) is 12.7 Å². The molecule has 0 bridgehead atoms. The van der Waals surface area contributed by atoms with E-state index in [1.165, 1.54) is 18.5 Å². The zero-order valence-corrected chi connectivity index (χ0v) is 18.5. The highest BCUT2D eigenvalue weighted by molar-refractivity contribution is 7.89. The van der Waals surface area contributed by atoms with Crippen LogP contribution in [0.2, 0.25) is 0 Å². The monoisotopic (exact) mass is 455 g/mol. The molecule has 9 nitrogen and oxygen atoms in total. The third kappa shape index (κ3) is 5.21. The third-order valence-corrected chi connectivity index (χ3v) is 6.78. The van der Waals surface area contributed by atoms with Gasteiger partial charge in [-0.3, -0.25) is 4.79 Å². The van der Waals surface area contributed by atoms with E-state index < -0.39 is 10.0 Å². The summed E-state index contributed by atoms with van der Waals surface area (Å²) in [5.41, 5.74) is 2.04. The van der Waals surface area contributed by atoms with Crippen LogP contribution in [-0.4, -0.2) is 48.3 Å². The van der Waals surface area contributed by atoms with Gasteiger partial charge < -0.3 is 10.1 Å². The molecule has 1 amide bonds. The van der Waals surface area contributed by atoms with Crippen molar-refractivity contribution in [3.8, 4) is 5.69 Å². The van der Waals surface area contributed by atoms with Crippen molar-refractivity contribution in [2.45, 2.75) is 36.8 Å². The quantitative estimate of drug-likeness (QED) is 0.538. The second-order valence-corrected chi connectivity index (χ2v) is 9.41. The lowest BCUT2D eigenvalue weighted by Gasteiger charge is -2.16. The highest BCUT2D eigenvalue weighted by Crippen LogP contribution is 2.18. The molecule has 1 aliphatic rings. The van der Waals surface area contributed by atoms with E-state index in [-0.39, 0.29) is 35.1 Å². The van der Waals surface area contributed by atoms with Crippen molar-refractivity contribution in [3.05, 3.63) is 72.3 Å².